The first-order chi connectivity index (χ1) is 10.3. The van der Waals surface area contributed by atoms with Crippen molar-refractivity contribution in [2.75, 3.05) is 5.32 Å². The van der Waals surface area contributed by atoms with E-state index in [1.165, 1.54) is 42.5 Å². The molecule has 0 saturated heterocycles. The molecule has 2 aromatic rings. The van der Waals surface area contributed by atoms with E-state index in [1.54, 1.807) is 0 Å². The maximum atomic E-state index is 3.70. The first-order valence-electron chi connectivity index (χ1n) is 8.24. The minimum absolute atomic E-state index is 0.406. The Kier molecular flexibility index (Phi) is 6.33. The second-order valence-electron chi connectivity index (χ2n) is 5.70. The van der Waals surface area contributed by atoms with Crippen LogP contribution >= 0.6 is 0 Å². The quantitative estimate of drug-likeness (QED) is 0.627. The van der Waals surface area contributed by atoms with Gasteiger partial charge in [-0.05, 0) is 36.1 Å². The Morgan fingerprint density at radius 3 is 2.19 bits per heavy atom. The molecule has 21 heavy (non-hydrogen) atoms. The lowest BCUT2D eigenvalue weighted by Crippen LogP contribution is -2.10. The first-order valence-corrected chi connectivity index (χ1v) is 8.24. The monoisotopic (exact) mass is 281 g/mol. The largest absolute Gasteiger partial charge is 0.378 e. The fourth-order valence-electron chi connectivity index (χ4n) is 2.67. The molecule has 1 heteroatoms. The number of benzene rings is 2. The molecule has 0 radical (unpaired) electrons. The number of hydrogen-bond acceptors (Lipinski definition) is 1. The lowest BCUT2D eigenvalue weighted by molar-refractivity contribution is 0.634. The van der Waals surface area contributed by atoms with Gasteiger partial charge in [0.15, 0.2) is 0 Å². The fraction of sp³-hybridized carbons (Fsp3) is 0.400. The molecule has 1 N–H and O–H groups in total. The zero-order valence-electron chi connectivity index (χ0n) is 13.3. The molecule has 0 heterocycles. The summed E-state index contributed by atoms with van der Waals surface area (Å²) in [5, 5.41) is 3.70. The third-order valence-electron chi connectivity index (χ3n) is 3.88. The van der Waals surface area contributed by atoms with Crippen LogP contribution in [0, 0.1) is 0 Å². The molecule has 0 spiro atoms. The average molecular weight is 281 g/mol. The van der Waals surface area contributed by atoms with Gasteiger partial charge in [-0.15, -0.1) is 0 Å². The molecular formula is C20H27N. The van der Waals surface area contributed by atoms with Gasteiger partial charge in [0.05, 0.1) is 6.04 Å². The molecule has 0 aliphatic heterocycles. The number of aryl methyl sites for hydroxylation is 1. The predicted octanol–water partition coefficient (Wildman–Crippen LogP) is 5.98. The molecule has 2 aromatic carbocycles. The minimum Gasteiger partial charge on any atom is -0.378 e. The van der Waals surface area contributed by atoms with Crippen molar-refractivity contribution in [3.05, 3.63) is 65.7 Å². The molecule has 0 aromatic heterocycles. The summed E-state index contributed by atoms with van der Waals surface area (Å²) < 4.78 is 0. The lowest BCUT2D eigenvalue weighted by atomic mass is 10.0. The number of hydrogen-bond donors (Lipinski definition) is 1. The summed E-state index contributed by atoms with van der Waals surface area (Å²) in [7, 11) is 0. The number of unbranched alkanes of at least 4 members (excludes halogenated alkanes) is 1. The van der Waals surface area contributed by atoms with Gasteiger partial charge in [0.1, 0.15) is 0 Å². The summed E-state index contributed by atoms with van der Waals surface area (Å²) in [6, 6.07) is 20.1. The Labute approximate surface area is 129 Å². The lowest BCUT2D eigenvalue weighted by Gasteiger charge is -2.20. The maximum absolute atomic E-state index is 3.70. The van der Waals surface area contributed by atoms with Crippen molar-refractivity contribution < 1.29 is 0 Å². The predicted molar refractivity (Wildman–Crippen MR) is 92.8 cm³/mol. The van der Waals surface area contributed by atoms with E-state index < -0.39 is 0 Å². The summed E-state index contributed by atoms with van der Waals surface area (Å²) in [5.41, 5.74) is 4.02. The van der Waals surface area contributed by atoms with Crippen LogP contribution in [0.1, 0.15) is 56.7 Å². The number of rotatable bonds is 8. The van der Waals surface area contributed by atoms with E-state index in [-0.39, 0.29) is 0 Å². The van der Waals surface area contributed by atoms with Gasteiger partial charge < -0.3 is 5.32 Å². The molecule has 0 aliphatic rings. The third-order valence-corrected chi connectivity index (χ3v) is 3.88. The third kappa shape index (κ3) is 4.93. The SMILES string of the molecule is CCCCC(Nc1ccc(CCC)cc1)c1ccccc1. The summed E-state index contributed by atoms with van der Waals surface area (Å²) in [6.45, 7) is 4.48. The molecule has 1 atom stereocenters. The second kappa shape index (κ2) is 8.51. The van der Waals surface area contributed by atoms with Gasteiger partial charge in [-0.3, -0.25) is 0 Å². The molecule has 0 bridgehead atoms. The molecule has 0 saturated carbocycles. The van der Waals surface area contributed by atoms with Crippen LogP contribution in [0.4, 0.5) is 5.69 Å². The normalized spacial score (nSPS) is 12.1. The van der Waals surface area contributed by atoms with Crippen molar-refractivity contribution in [2.24, 2.45) is 0 Å². The van der Waals surface area contributed by atoms with Crippen LogP contribution in [-0.4, -0.2) is 0 Å². The summed E-state index contributed by atoms with van der Waals surface area (Å²) in [4.78, 5) is 0. The highest BCUT2D eigenvalue weighted by Gasteiger charge is 2.10. The van der Waals surface area contributed by atoms with E-state index in [4.69, 9.17) is 0 Å². The van der Waals surface area contributed by atoms with Gasteiger partial charge in [0.2, 0.25) is 0 Å². The molecular weight excluding hydrogens is 254 g/mol. The standard InChI is InChI=1S/C20H27N/c1-3-5-12-20(18-10-7-6-8-11-18)21-19-15-13-17(9-4-2)14-16-19/h6-8,10-11,13-16,20-21H,3-5,9,12H2,1-2H3. The Hall–Kier alpha value is -1.76. The molecule has 0 aliphatic carbocycles. The molecule has 1 nitrogen and oxygen atoms in total. The maximum Gasteiger partial charge on any atom is 0.0513 e. The van der Waals surface area contributed by atoms with Gasteiger partial charge in [-0.2, -0.15) is 0 Å². The van der Waals surface area contributed by atoms with E-state index in [1.807, 2.05) is 0 Å². The average Bonchev–Trinajstić information content (AvgIpc) is 2.54. The zero-order chi connectivity index (χ0) is 14.9. The fourth-order valence-corrected chi connectivity index (χ4v) is 2.67. The van der Waals surface area contributed by atoms with Crippen LogP contribution in [0.15, 0.2) is 54.6 Å². The highest BCUT2D eigenvalue weighted by molar-refractivity contribution is 5.47. The second-order valence-corrected chi connectivity index (χ2v) is 5.70. The highest BCUT2D eigenvalue weighted by Crippen LogP contribution is 2.24. The van der Waals surface area contributed by atoms with E-state index in [0.29, 0.717) is 6.04 Å². The summed E-state index contributed by atoms with van der Waals surface area (Å²) >= 11 is 0. The van der Waals surface area contributed by atoms with E-state index in [9.17, 15) is 0 Å². The van der Waals surface area contributed by atoms with Gasteiger partial charge in [0.25, 0.3) is 0 Å². The Balaban J connectivity index is 2.07. The van der Waals surface area contributed by atoms with Crippen LogP contribution < -0.4 is 5.32 Å². The van der Waals surface area contributed by atoms with Gasteiger partial charge in [-0.25, -0.2) is 0 Å². The molecule has 0 amide bonds. The smallest absolute Gasteiger partial charge is 0.0513 e. The van der Waals surface area contributed by atoms with Crippen molar-refractivity contribution in [3.63, 3.8) is 0 Å². The molecule has 112 valence electrons. The summed E-state index contributed by atoms with van der Waals surface area (Å²) in [6.07, 6.45) is 6.03. The van der Waals surface area contributed by atoms with Crippen molar-refractivity contribution >= 4 is 5.69 Å². The van der Waals surface area contributed by atoms with E-state index in [2.05, 4.69) is 73.8 Å². The van der Waals surface area contributed by atoms with Crippen LogP contribution in [0.3, 0.4) is 0 Å². The van der Waals surface area contributed by atoms with Gasteiger partial charge in [0, 0.05) is 5.69 Å². The Morgan fingerprint density at radius 2 is 1.57 bits per heavy atom. The Morgan fingerprint density at radius 1 is 0.857 bits per heavy atom. The van der Waals surface area contributed by atoms with Crippen LogP contribution in [0.2, 0.25) is 0 Å². The topological polar surface area (TPSA) is 12.0 Å². The minimum atomic E-state index is 0.406. The number of anilines is 1. The molecule has 1 unspecified atom stereocenters. The van der Waals surface area contributed by atoms with Crippen LogP contribution in [-0.2, 0) is 6.42 Å². The van der Waals surface area contributed by atoms with Crippen molar-refractivity contribution in [1.29, 1.82) is 0 Å². The molecule has 0 fully saturated rings. The van der Waals surface area contributed by atoms with E-state index >= 15 is 0 Å². The highest BCUT2D eigenvalue weighted by atomic mass is 14.9. The van der Waals surface area contributed by atoms with Crippen LogP contribution in [0.5, 0.6) is 0 Å². The van der Waals surface area contributed by atoms with Crippen molar-refractivity contribution in [2.45, 2.75) is 52.0 Å². The van der Waals surface area contributed by atoms with Gasteiger partial charge >= 0.3 is 0 Å². The van der Waals surface area contributed by atoms with Crippen molar-refractivity contribution in [3.8, 4) is 0 Å². The van der Waals surface area contributed by atoms with E-state index in [0.717, 1.165) is 6.42 Å². The van der Waals surface area contributed by atoms with Crippen LogP contribution in [0.25, 0.3) is 0 Å². The Bertz CT molecular complexity index is 501. The first kappa shape index (κ1) is 15.6. The summed E-state index contributed by atoms with van der Waals surface area (Å²) in [5.74, 6) is 0. The molecule has 2 rings (SSSR count). The van der Waals surface area contributed by atoms with Gasteiger partial charge in [-0.1, -0.05) is 75.6 Å². The zero-order valence-corrected chi connectivity index (χ0v) is 13.3. The number of nitrogens with one attached hydrogen (secondary N) is 1. The van der Waals surface area contributed by atoms with Crippen molar-refractivity contribution in [1.82, 2.24) is 0 Å².